The molecule has 0 aliphatic carbocycles. The van der Waals surface area contributed by atoms with Gasteiger partial charge in [0.15, 0.2) is 0 Å². The number of hydrogen-bond acceptors (Lipinski definition) is 4. The van der Waals surface area contributed by atoms with Gasteiger partial charge >= 0.3 is 6.39 Å². The average Bonchev–Trinajstić information content (AvgIpc) is 2.58. The van der Waals surface area contributed by atoms with E-state index in [9.17, 15) is 0 Å². The lowest BCUT2D eigenvalue weighted by molar-refractivity contribution is 0.411. The molecule has 4 nitrogen and oxygen atoms in total. The Morgan fingerprint density at radius 3 is 3.00 bits per heavy atom. The fourth-order valence-corrected chi connectivity index (χ4v) is 0.747. The molecule has 1 radical (unpaired) electrons. The van der Waals surface area contributed by atoms with Gasteiger partial charge in [-0.1, -0.05) is 11.2 Å². The van der Waals surface area contributed by atoms with Gasteiger partial charge in [-0.05, 0) is 12.1 Å². The Morgan fingerprint density at radius 2 is 2.36 bits per heavy atom. The van der Waals surface area contributed by atoms with E-state index >= 15 is 0 Å². The van der Waals surface area contributed by atoms with E-state index in [4.69, 9.17) is 0 Å². The van der Waals surface area contributed by atoms with Crippen LogP contribution in [0.3, 0.4) is 0 Å². The Balaban J connectivity index is 2.46. The molecule has 0 unspecified atom stereocenters. The van der Waals surface area contributed by atoms with Gasteiger partial charge in [-0.15, -0.1) is 0 Å². The van der Waals surface area contributed by atoms with Crippen molar-refractivity contribution in [2.45, 2.75) is 0 Å². The molecule has 0 bridgehead atoms. The van der Waals surface area contributed by atoms with Gasteiger partial charge in [0.25, 0.3) is 0 Å². The third-order valence-electron chi connectivity index (χ3n) is 1.22. The van der Waals surface area contributed by atoms with Crippen LogP contribution >= 0.6 is 0 Å². The third kappa shape index (κ3) is 1.10. The first-order valence-corrected chi connectivity index (χ1v) is 3.08. The lowest BCUT2D eigenvalue weighted by Crippen LogP contribution is -1.82. The monoisotopic (exact) mass is 146 g/mol. The van der Waals surface area contributed by atoms with Crippen LogP contribution in [0.1, 0.15) is 0 Å². The molecule has 0 N–H and O–H groups in total. The van der Waals surface area contributed by atoms with Crippen molar-refractivity contribution < 1.29 is 4.52 Å². The second-order valence-electron chi connectivity index (χ2n) is 1.92. The van der Waals surface area contributed by atoms with Crippen LogP contribution in [0.4, 0.5) is 0 Å². The summed E-state index contributed by atoms with van der Waals surface area (Å²) in [7, 11) is 0. The fourth-order valence-electron chi connectivity index (χ4n) is 0.747. The minimum Gasteiger partial charge on any atom is -0.328 e. The van der Waals surface area contributed by atoms with Gasteiger partial charge in [-0.25, -0.2) is 0 Å². The zero-order valence-corrected chi connectivity index (χ0v) is 5.56. The fraction of sp³-hybridized carbons (Fsp3) is 0. The van der Waals surface area contributed by atoms with Crippen molar-refractivity contribution in [1.29, 1.82) is 0 Å². The predicted octanol–water partition coefficient (Wildman–Crippen LogP) is 0.932. The maximum atomic E-state index is 4.44. The molecule has 0 aromatic carbocycles. The van der Waals surface area contributed by atoms with Gasteiger partial charge in [0.1, 0.15) is 5.69 Å². The van der Waals surface area contributed by atoms with Gasteiger partial charge in [0.05, 0.1) is 0 Å². The number of aromatic nitrogens is 3. The minimum atomic E-state index is 0.464. The molecule has 0 saturated heterocycles. The highest BCUT2D eigenvalue weighted by molar-refractivity contribution is 5.46. The van der Waals surface area contributed by atoms with E-state index in [1.54, 1.807) is 12.3 Å². The van der Waals surface area contributed by atoms with Crippen LogP contribution in [0.5, 0.6) is 0 Å². The summed E-state index contributed by atoms with van der Waals surface area (Å²) in [5.74, 6) is 0.464. The summed E-state index contributed by atoms with van der Waals surface area (Å²) in [6, 6.07) is 5.49. The zero-order chi connectivity index (χ0) is 7.52. The standard InChI is InChI=1S/C7H4N3O/c1-2-4-8-6(3-1)7-9-5-11-10-7/h1-4H. The molecule has 2 aromatic rings. The summed E-state index contributed by atoms with van der Waals surface area (Å²) >= 11 is 0. The van der Waals surface area contributed by atoms with Crippen LogP contribution < -0.4 is 0 Å². The van der Waals surface area contributed by atoms with Crippen molar-refractivity contribution >= 4 is 0 Å². The molecule has 2 rings (SSSR count). The second kappa shape index (κ2) is 2.49. The Bertz CT molecular complexity index is 317. The molecule has 0 fully saturated rings. The van der Waals surface area contributed by atoms with Crippen LogP contribution in [0, 0.1) is 6.39 Å². The molecule has 0 spiro atoms. The second-order valence-corrected chi connectivity index (χ2v) is 1.92. The van der Waals surface area contributed by atoms with E-state index in [2.05, 4.69) is 26.0 Å². The van der Waals surface area contributed by atoms with Crippen molar-refractivity contribution in [1.82, 2.24) is 15.1 Å². The normalized spacial score (nSPS) is 9.82. The van der Waals surface area contributed by atoms with E-state index < -0.39 is 0 Å². The predicted molar refractivity (Wildman–Crippen MR) is 36.4 cm³/mol. The lowest BCUT2D eigenvalue weighted by atomic mass is 10.3. The largest absolute Gasteiger partial charge is 0.328 e. The van der Waals surface area contributed by atoms with Crippen LogP contribution in [0.15, 0.2) is 28.9 Å². The summed E-state index contributed by atoms with van der Waals surface area (Å²) < 4.78 is 4.44. The zero-order valence-electron chi connectivity index (χ0n) is 5.56. The molecule has 4 heteroatoms. The maximum absolute atomic E-state index is 4.44. The average molecular weight is 146 g/mol. The quantitative estimate of drug-likeness (QED) is 0.600. The molecule has 2 heterocycles. The Kier molecular flexibility index (Phi) is 1.37. The summed E-state index contributed by atoms with van der Waals surface area (Å²) in [5.41, 5.74) is 0.692. The van der Waals surface area contributed by atoms with E-state index in [0.29, 0.717) is 11.5 Å². The Hall–Kier alpha value is -1.71. The van der Waals surface area contributed by atoms with Crippen LogP contribution in [0.2, 0.25) is 0 Å². The highest BCUT2D eigenvalue weighted by Gasteiger charge is 2.01. The van der Waals surface area contributed by atoms with Gasteiger partial charge in [0, 0.05) is 6.20 Å². The smallest absolute Gasteiger partial charge is 0.316 e. The summed E-state index contributed by atoms with van der Waals surface area (Å²) in [5, 5.41) is 3.58. The lowest BCUT2D eigenvalue weighted by Gasteiger charge is -1.88. The van der Waals surface area contributed by atoms with Crippen molar-refractivity contribution in [3.05, 3.63) is 30.8 Å². The molecule has 0 aliphatic rings. The molecule has 0 aliphatic heterocycles. The van der Waals surface area contributed by atoms with Crippen LogP contribution in [0.25, 0.3) is 11.5 Å². The summed E-state index contributed by atoms with van der Waals surface area (Å²) in [6.07, 6.45) is 3.92. The van der Waals surface area contributed by atoms with Gasteiger partial charge in [-0.2, -0.15) is 4.98 Å². The van der Waals surface area contributed by atoms with Gasteiger partial charge in [-0.3, -0.25) is 4.98 Å². The van der Waals surface area contributed by atoms with Crippen molar-refractivity contribution in [2.24, 2.45) is 0 Å². The van der Waals surface area contributed by atoms with Gasteiger partial charge in [0.2, 0.25) is 5.82 Å². The Morgan fingerprint density at radius 1 is 1.36 bits per heavy atom. The highest BCUT2D eigenvalue weighted by Crippen LogP contribution is 2.07. The molecule has 0 saturated carbocycles. The number of hydrogen-bond donors (Lipinski definition) is 0. The van der Waals surface area contributed by atoms with E-state index in [0.717, 1.165) is 0 Å². The molecule has 53 valence electrons. The van der Waals surface area contributed by atoms with E-state index in [1.807, 2.05) is 12.1 Å². The SMILES string of the molecule is [c]1nc(-c2ccccn2)no1. The highest BCUT2D eigenvalue weighted by atomic mass is 16.5. The number of rotatable bonds is 1. The topological polar surface area (TPSA) is 51.8 Å². The van der Waals surface area contributed by atoms with Crippen molar-refractivity contribution in [3.63, 3.8) is 0 Å². The van der Waals surface area contributed by atoms with E-state index in [1.165, 1.54) is 0 Å². The molecule has 11 heavy (non-hydrogen) atoms. The van der Waals surface area contributed by atoms with Crippen molar-refractivity contribution in [3.8, 4) is 11.5 Å². The molecule has 2 aromatic heterocycles. The first-order valence-electron chi connectivity index (χ1n) is 3.08. The van der Waals surface area contributed by atoms with E-state index in [-0.39, 0.29) is 0 Å². The first kappa shape index (κ1) is 6.03. The van der Waals surface area contributed by atoms with Crippen LogP contribution in [-0.2, 0) is 0 Å². The first-order chi connectivity index (χ1) is 5.47. The Labute approximate surface area is 62.9 Å². The third-order valence-corrected chi connectivity index (χ3v) is 1.22. The maximum Gasteiger partial charge on any atom is 0.316 e. The summed E-state index contributed by atoms with van der Waals surface area (Å²) in [4.78, 5) is 7.74. The number of nitrogens with zero attached hydrogens (tertiary/aromatic N) is 3. The number of pyridine rings is 1. The van der Waals surface area contributed by atoms with Crippen molar-refractivity contribution in [2.75, 3.05) is 0 Å². The minimum absolute atomic E-state index is 0.464. The molecule has 0 amide bonds. The molecular weight excluding hydrogens is 142 g/mol. The van der Waals surface area contributed by atoms with Crippen LogP contribution in [-0.4, -0.2) is 15.1 Å². The van der Waals surface area contributed by atoms with Gasteiger partial charge < -0.3 is 4.52 Å². The molecular formula is C7H4N3O. The molecule has 0 atom stereocenters. The summed E-state index contributed by atoms with van der Waals surface area (Å²) in [6.45, 7) is 0.